The standard InChI is InChI=1S/C23H24N2Se/c1-14-10-15(2)12-16(11-14)21-17-6-7-19-22(18(17)8-9-24-21)25-20(26-19)13-23(3,4)5/h6-12H,13H2,1-5H3. The number of rotatable bonds is 2. The van der Waals surface area contributed by atoms with Crippen molar-refractivity contribution in [3.8, 4) is 11.3 Å². The molecule has 0 N–H and O–H groups in total. The molecule has 2 heterocycles. The van der Waals surface area contributed by atoms with Crippen molar-refractivity contribution in [3.05, 3.63) is 58.3 Å². The van der Waals surface area contributed by atoms with Crippen molar-refractivity contribution in [2.24, 2.45) is 5.41 Å². The summed E-state index contributed by atoms with van der Waals surface area (Å²) in [5, 5.41) is 2.44. The van der Waals surface area contributed by atoms with E-state index in [0.29, 0.717) is 14.5 Å². The fourth-order valence-electron chi connectivity index (χ4n) is 3.56. The third-order valence-corrected chi connectivity index (χ3v) is 6.66. The molecule has 2 nitrogen and oxygen atoms in total. The maximum absolute atomic E-state index is 5.05. The van der Waals surface area contributed by atoms with Gasteiger partial charge in [-0.3, -0.25) is 0 Å². The molecular formula is C23H24N2Se. The summed E-state index contributed by atoms with van der Waals surface area (Å²) in [5.41, 5.74) is 6.25. The van der Waals surface area contributed by atoms with E-state index in [9.17, 15) is 0 Å². The van der Waals surface area contributed by atoms with Crippen LogP contribution < -0.4 is 0 Å². The van der Waals surface area contributed by atoms with Crippen LogP contribution in [0.15, 0.2) is 42.6 Å². The molecule has 0 aliphatic carbocycles. The fourth-order valence-corrected chi connectivity index (χ4v) is 6.26. The summed E-state index contributed by atoms with van der Waals surface area (Å²) in [4.78, 5) is 9.77. The Balaban J connectivity index is 1.93. The van der Waals surface area contributed by atoms with Crippen LogP contribution in [-0.4, -0.2) is 24.5 Å². The number of benzene rings is 2. The van der Waals surface area contributed by atoms with Gasteiger partial charge in [-0.2, -0.15) is 0 Å². The van der Waals surface area contributed by atoms with E-state index in [4.69, 9.17) is 9.97 Å². The first-order valence-corrected chi connectivity index (χ1v) is 10.8. The van der Waals surface area contributed by atoms with Gasteiger partial charge in [-0.05, 0) is 0 Å². The minimum atomic E-state index is 0.282. The number of aromatic nitrogens is 2. The second-order valence-electron chi connectivity index (χ2n) is 8.39. The molecule has 4 rings (SSSR count). The molecular weight excluding hydrogens is 383 g/mol. The van der Waals surface area contributed by atoms with E-state index < -0.39 is 0 Å². The molecule has 0 amide bonds. The zero-order valence-electron chi connectivity index (χ0n) is 16.1. The number of nitrogens with zero attached hydrogens (tertiary/aromatic N) is 2. The van der Waals surface area contributed by atoms with E-state index in [1.165, 1.54) is 41.8 Å². The van der Waals surface area contributed by atoms with Crippen molar-refractivity contribution in [2.45, 2.75) is 41.0 Å². The second kappa shape index (κ2) is 6.33. The van der Waals surface area contributed by atoms with Crippen LogP contribution in [0.3, 0.4) is 0 Å². The normalized spacial score (nSPS) is 12.2. The van der Waals surface area contributed by atoms with Gasteiger partial charge in [0, 0.05) is 0 Å². The van der Waals surface area contributed by atoms with Gasteiger partial charge < -0.3 is 0 Å². The molecule has 0 fully saturated rings. The van der Waals surface area contributed by atoms with E-state index in [-0.39, 0.29) is 5.41 Å². The van der Waals surface area contributed by atoms with Crippen LogP contribution in [0.25, 0.3) is 31.8 Å². The fraction of sp³-hybridized carbons (Fsp3) is 0.304. The van der Waals surface area contributed by atoms with Gasteiger partial charge in [0.1, 0.15) is 0 Å². The minimum absolute atomic E-state index is 0.282. The maximum atomic E-state index is 5.05. The van der Waals surface area contributed by atoms with E-state index >= 15 is 0 Å². The molecule has 26 heavy (non-hydrogen) atoms. The zero-order chi connectivity index (χ0) is 18.5. The van der Waals surface area contributed by atoms with E-state index in [1.807, 2.05) is 6.20 Å². The average Bonchev–Trinajstić information content (AvgIpc) is 2.94. The van der Waals surface area contributed by atoms with Crippen LogP contribution in [-0.2, 0) is 6.42 Å². The average molecular weight is 407 g/mol. The topological polar surface area (TPSA) is 25.8 Å². The number of fused-ring (bicyclic) bond motifs is 3. The van der Waals surface area contributed by atoms with Gasteiger partial charge >= 0.3 is 161 Å². The molecule has 2 aromatic heterocycles. The monoisotopic (exact) mass is 408 g/mol. The Morgan fingerprint density at radius 2 is 1.65 bits per heavy atom. The second-order valence-corrected chi connectivity index (χ2v) is 10.7. The zero-order valence-corrected chi connectivity index (χ0v) is 17.8. The Kier molecular flexibility index (Phi) is 4.25. The Labute approximate surface area is 161 Å². The number of pyridine rings is 1. The summed E-state index contributed by atoms with van der Waals surface area (Å²) >= 11 is 0.347. The predicted octanol–water partition coefficient (Wildman–Crippen LogP) is 5.71. The molecule has 0 aliphatic heterocycles. The first kappa shape index (κ1) is 17.5. The van der Waals surface area contributed by atoms with Crippen molar-refractivity contribution in [1.82, 2.24) is 9.97 Å². The molecule has 0 bridgehead atoms. The van der Waals surface area contributed by atoms with Gasteiger partial charge in [0.25, 0.3) is 0 Å². The molecule has 0 saturated carbocycles. The summed E-state index contributed by atoms with van der Waals surface area (Å²) in [7, 11) is 0. The molecule has 4 aromatic rings. The van der Waals surface area contributed by atoms with Crippen molar-refractivity contribution < 1.29 is 0 Å². The van der Waals surface area contributed by atoms with Crippen molar-refractivity contribution in [3.63, 3.8) is 0 Å². The summed E-state index contributed by atoms with van der Waals surface area (Å²) in [5.74, 6) is 0. The summed E-state index contributed by atoms with van der Waals surface area (Å²) in [6.45, 7) is 11.1. The van der Waals surface area contributed by atoms with Gasteiger partial charge in [-0.15, -0.1) is 0 Å². The van der Waals surface area contributed by atoms with E-state index in [1.54, 1.807) is 0 Å². The number of aryl methyl sites for hydroxylation is 2. The molecule has 0 radical (unpaired) electrons. The van der Waals surface area contributed by atoms with Gasteiger partial charge in [0.15, 0.2) is 0 Å². The number of hydrogen-bond acceptors (Lipinski definition) is 2. The quantitative estimate of drug-likeness (QED) is 0.398. The molecule has 3 heteroatoms. The Morgan fingerprint density at radius 3 is 2.35 bits per heavy atom. The molecule has 0 unspecified atom stereocenters. The predicted molar refractivity (Wildman–Crippen MR) is 112 cm³/mol. The SMILES string of the molecule is Cc1cc(C)cc(-c2nccc3c2ccc2[se]c(CC(C)(C)C)nc23)c1. The van der Waals surface area contributed by atoms with Crippen molar-refractivity contribution in [2.75, 3.05) is 0 Å². The van der Waals surface area contributed by atoms with Gasteiger partial charge in [0.2, 0.25) is 0 Å². The summed E-state index contributed by atoms with van der Waals surface area (Å²) in [6.07, 6.45) is 3.00. The molecule has 132 valence electrons. The van der Waals surface area contributed by atoms with Crippen LogP contribution >= 0.6 is 0 Å². The van der Waals surface area contributed by atoms with Gasteiger partial charge in [0.05, 0.1) is 0 Å². The van der Waals surface area contributed by atoms with Crippen LogP contribution in [0, 0.1) is 19.3 Å². The molecule has 0 atom stereocenters. The van der Waals surface area contributed by atoms with E-state index in [0.717, 1.165) is 12.1 Å². The summed E-state index contributed by atoms with van der Waals surface area (Å²) < 4.78 is 2.76. The third-order valence-electron chi connectivity index (χ3n) is 4.52. The molecule has 0 spiro atoms. The van der Waals surface area contributed by atoms with Crippen LogP contribution in [0.4, 0.5) is 0 Å². The first-order chi connectivity index (χ1) is 12.3. The Morgan fingerprint density at radius 1 is 0.923 bits per heavy atom. The first-order valence-electron chi connectivity index (χ1n) is 9.06. The Hall–Kier alpha value is -1.96. The van der Waals surface area contributed by atoms with Crippen LogP contribution in [0.2, 0.25) is 0 Å². The molecule has 2 aromatic carbocycles. The third kappa shape index (κ3) is 3.34. The van der Waals surface area contributed by atoms with Crippen LogP contribution in [0.5, 0.6) is 0 Å². The van der Waals surface area contributed by atoms with Crippen molar-refractivity contribution in [1.29, 1.82) is 0 Å². The van der Waals surface area contributed by atoms with Gasteiger partial charge in [-0.1, -0.05) is 0 Å². The molecule has 0 saturated heterocycles. The van der Waals surface area contributed by atoms with E-state index in [2.05, 4.69) is 71.0 Å². The Bertz CT molecular complexity index is 1100. The number of hydrogen-bond donors (Lipinski definition) is 0. The van der Waals surface area contributed by atoms with Crippen molar-refractivity contribution >= 4 is 35.1 Å². The molecule has 0 aliphatic rings. The van der Waals surface area contributed by atoms with Gasteiger partial charge in [-0.25, -0.2) is 0 Å². The summed E-state index contributed by atoms with van der Waals surface area (Å²) in [6, 6.07) is 13.3. The van der Waals surface area contributed by atoms with Crippen LogP contribution in [0.1, 0.15) is 36.5 Å².